The zero-order valence-corrected chi connectivity index (χ0v) is 11.7. The van der Waals surface area contributed by atoms with Gasteiger partial charge in [0.05, 0.1) is 6.54 Å². The molecule has 1 fully saturated rings. The van der Waals surface area contributed by atoms with E-state index >= 15 is 0 Å². The molecule has 0 aliphatic carbocycles. The summed E-state index contributed by atoms with van der Waals surface area (Å²) in [5, 5.41) is 9.04. The molecule has 1 atom stereocenters. The van der Waals surface area contributed by atoms with Crippen LogP contribution >= 0.6 is 0 Å². The largest absolute Gasteiger partial charge is 0.480 e. The van der Waals surface area contributed by atoms with Crippen molar-refractivity contribution in [3.05, 3.63) is 12.2 Å². The molecule has 6 nitrogen and oxygen atoms in total. The number of hydrogen-bond acceptors (Lipinski definition) is 4. The summed E-state index contributed by atoms with van der Waals surface area (Å²) in [7, 11) is 0. The quantitative estimate of drug-likeness (QED) is 0.657. The summed E-state index contributed by atoms with van der Waals surface area (Å²) in [6.07, 6.45) is 0.377. The van der Waals surface area contributed by atoms with E-state index < -0.39 is 11.5 Å². The summed E-state index contributed by atoms with van der Waals surface area (Å²) in [5.41, 5.74) is 5.49. The molecule has 19 heavy (non-hydrogen) atoms. The first-order valence-corrected chi connectivity index (χ1v) is 6.45. The Morgan fingerprint density at radius 2 is 2.16 bits per heavy atom. The third-order valence-electron chi connectivity index (χ3n) is 3.36. The normalized spacial score (nSPS) is 23.3. The Morgan fingerprint density at radius 3 is 2.58 bits per heavy atom. The van der Waals surface area contributed by atoms with Crippen LogP contribution in [0.4, 0.5) is 0 Å². The Kier molecular flexibility index (Phi) is 5.08. The summed E-state index contributed by atoms with van der Waals surface area (Å²) in [6, 6.07) is 0. The molecular weight excluding hydrogens is 246 g/mol. The standard InChI is InChI=1S/C13H23N3O3/c1-4-16(7-10(2)3)11(17)8-15-6-5-13(14,9-15)12(18)19/h2,4-9,14H2,1,3H3,(H,18,19). The number of likely N-dealkylation sites (N-methyl/N-ethyl adjacent to an activating group) is 1. The van der Waals surface area contributed by atoms with Crippen LogP contribution < -0.4 is 5.73 Å². The molecule has 1 aliphatic rings. The predicted octanol–water partition coefficient (Wildman–Crippen LogP) is -0.101. The molecule has 1 aliphatic heterocycles. The molecule has 6 heteroatoms. The molecule has 0 aromatic heterocycles. The maximum atomic E-state index is 12.1. The van der Waals surface area contributed by atoms with Gasteiger partial charge in [0.25, 0.3) is 0 Å². The lowest BCUT2D eigenvalue weighted by molar-refractivity contribution is -0.143. The number of carbonyl (C=O) groups excluding carboxylic acids is 1. The molecule has 0 spiro atoms. The minimum atomic E-state index is -1.22. The molecule has 1 unspecified atom stereocenters. The van der Waals surface area contributed by atoms with Gasteiger partial charge >= 0.3 is 5.97 Å². The Labute approximate surface area is 113 Å². The van der Waals surface area contributed by atoms with Gasteiger partial charge in [-0.3, -0.25) is 14.5 Å². The zero-order valence-electron chi connectivity index (χ0n) is 11.7. The van der Waals surface area contributed by atoms with E-state index in [1.165, 1.54) is 0 Å². The Bertz CT molecular complexity index is 383. The van der Waals surface area contributed by atoms with E-state index in [0.29, 0.717) is 26.1 Å². The summed E-state index contributed by atoms with van der Waals surface area (Å²) in [6.45, 7) is 9.72. The Morgan fingerprint density at radius 1 is 1.53 bits per heavy atom. The Hall–Kier alpha value is -1.40. The van der Waals surface area contributed by atoms with Crippen LogP contribution in [-0.2, 0) is 9.59 Å². The summed E-state index contributed by atoms with van der Waals surface area (Å²) >= 11 is 0. The van der Waals surface area contributed by atoms with Gasteiger partial charge in [-0.25, -0.2) is 0 Å². The fourth-order valence-corrected chi connectivity index (χ4v) is 2.22. The van der Waals surface area contributed by atoms with Crippen LogP contribution in [0.25, 0.3) is 0 Å². The van der Waals surface area contributed by atoms with Gasteiger partial charge in [-0.15, -0.1) is 0 Å². The third kappa shape index (κ3) is 4.04. The number of carboxylic acids is 1. The number of carboxylic acid groups (broad SMARTS) is 1. The second kappa shape index (κ2) is 6.16. The van der Waals surface area contributed by atoms with Crippen molar-refractivity contribution in [3.8, 4) is 0 Å². The lowest BCUT2D eigenvalue weighted by atomic mass is 10.0. The smallest absolute Gasteiger partial charge is 0.325 e. The maximum Gasteiger partial charge on any atom is 0.325 e. The van der Waals surface area contributed by atoms with Crippen LogP contribution in [0, 0.1) is 0 Å². The third-order valence-corrected chi connectivity index (χ3v) is 3.36. The molecule has 0 aromatic rings. The van der Waals surface area contributed by atoms with E-state index in [2.05, 4.69) is 6.58 Å². The number of hydrogen-bond donors (Lipinski definition) is 2. The highest BCUT2D eigenvalue weighted by Crippen LogP contribution is 2.18. The van der Waals surface area contributed by atoms with Crippen LogP contribution in [0.15, 0.2) is 12.2 Å². The van der Waals surface area contributed by atoms with Gasteiger partial charge in [0, 0.05) is 26.2 Å². The molecule has 1 rings (SSSR count). The van der Waals surface area contributed by atoms with Crippen LogP contribution in [0.2, 0.25) is 0 Å². The fourth-order valence-electron chi connectivity index (χ4n) is 2.22. The molecule has 0 radical (unpaired) electrons. The highest BCUT2D eigenvalue weighted by Gasteiger charge is 2.41. The summed E-state index contributed by atoms with van der Waals surface area (Å²) in [4.78, 5) is 26.6. The van der Waals surface area contributed by atoms with Crippen molar-refractivity contribution in [1.29, 1.82) is 0 Å². The number of carbonyl (C=O) groups is 2. The topological polar surface area (TPSA) is 86.9 Å². The number of aliphatic carboxylic acids is 1. The second-order valence-corrected chi connectivity index (χ2v) is 5.29. The van der Waals surface area contributed by atoms with Crippen molar-refractivity contribution < 1.29 is 14.7 Å². The van der Waals surface area contributed by atoms with Crippen LogP contribution in [0.3, 0.4) is 0 Å². The molecule has 0 aromatic carbocycles. The van der Waals surface area contributed by atoms with Crippen LogP contribution in [-0.4, -0.2) is 65.0 Å². The lowest BCUT2D eigenvalue weighted by Gasteiger charge is -2.25. The minimum Gasteiger partial charge on any atom is -0.480 e. The molecule has 1 saturated heterocycles. The minimum absolute atomic E-state index is 0.0138. The highest BCUT2D eigenvalue weighted by atomic mass is 16.4. The zero-order chi connectivity index (χ0) is 14.6. The second-order valence-electron chi connectivity index (χ2n) is 5.29. The number of nitrogens with zero attached hydrogens (tertiary/aromatic N) is 2. The maximum absolute atomic E-state index is 12.1. The summed E-state index contributed by atoms with van der Waals surface area (Å²) in [5.74, 6) is -1.02. The van der Waals surface area contributed by atoms with E-state index in [4.69, 9.17) is 10.8 Å². The van der Waals surface area contributed by atoms with Crippen LogP contribution in [0.1, 0.15) is 20.3 Å². The average molecular weight is 269 g/mol. The van der Waals surface area contributed by atoms with Gasteiger partial charge in [0.15, 0.2) is 0 Å². The van der Waals surface area contributed by atoms with Gasteiger partial charge < -0.3 is 15.7 Å². The molecule has 1 amide bonds. The Balaban J connectivity index is 2.54. The van der Waals surface area contributed by atoms with E-state index in [1.807, 2.05) is 13.8 Å². The van der Waals surface area contributed by atoms with Gasteiger partial charge in [-0.1, -0.05) is 12.2 Å². The number of rotatable bonds is 6. The summed E-state index contributed by atoms with van der Waals surface area (Å²) < 4.78 is 0. The van der Waals surface area contributed by atoms with Crippen molar-refractivity contribution >= 4 is 11.9 Å². The van der Waals surface area contributed by atoms with Crippen molar-refractivity contribution in [2.24, 2.45) is 5.73 Å². The average Bonchev–Trinajstić information content (AvgIpc) is 2.68. The molecule has 1 heterocycles. The first-order valence-electron chi connectivity index (χ1n) is 6.45. The SMILES string of the molecule is C=C(C)CN(CC)C(=O)CN1CCC(N)(C(=O)O)C1. The van der Waals surface area contributed by atoms with E-state index in [9.17, 15) is 9.59 Å². The van der Waals surface area contributed by atoms with Crippen molar-refractivity contribution in [3.63, 3.8) is 0 Å². The first kappa shape index (κ1) is 15.7. The number of amides is 1. The fraction of sp³-hybridized carbons (Fsp3) is 0.692. The van der Waals surface area contributed by atoms with Crippen molar-refractivity contribution in [2.45, 2.75) is 25.8 Å². The highest BCUT2D eigenvalue weighted by molar-refractivity contribution is 5.81. The molecule has 3 N–H and O–H groups in total. The van der Waals surface area contributed by atoms with Crippen molar-refractivity contribution in [2.75, 3.05) is 32.7 Å². The lowest BCUT2D eigenvalue weighted by Crippen LogP contribution is -2.51. The van der Waals surface area contributed by atoms with E-state index in [1.54, 1.807) is 9.80 Å². The monoisotopic (exact) mass is 269 g/mol. The van der Waals surface area contributed by atoms with E-state index in [0.717, 1.165) is 5.57 Å². The molecule has 0 bridgehead atoms. The van der Waals surface area contributed by atoms with Gasteiger partial charge in [-0.2, -0.15) is 0 Å². The number of likely N-dealkylation sites (tertiary alicyclic amines) is 1. The van der Waals surface area contributed by atoms with Crippen molar-refractivity contribution in [1.82, 2.24) is 9.80 Å². The first-order chi connectivity index (χ1) is 8.78. The number of nitrogens with two attached hydrogens (primary N) is 1. The van der Waals surface area contributed by atoms with E-state index in [-0.39, 0.29) is 19.0 Å². The molecule has 0 saturated carbocycles. The van der Waals surface area contributed by atoms with Gasteiger partial charge in [-0.05, 0) is 20.3 Å². The van der Waals surface area contributed by atoms with Gasteiger partial charge in [0.1, 0.15) is 5.54 Å². The molecular formula is C13H23N3O3. The van der Waals surface area contributed by atoms with Gasteiger partial charge in [0.2, 0.25) is 5.91 Å². The molecule has 108 valence electrons. The predicted molar refractivity (Wildman–Crippen MR) is 72.7 cm³/mol. The van der Waals surface area contributed by atoms with Crippen LogP contribution in [0.5, 0.6) is 0 Å².